The van der Waals surface area contributed by atoms with Gasteiger partial charge in [0.15, 0.2) is 5.78 Å². The molecule has 0 saturated carbocycles. The second-order valence-corrected chi connectivity index (χ2v) is 7.01. The van der Waals surface area contributed by atoms with Crippen LogP contribution in [0.1, 0.15) is 21.5 Å². The summed E-state index contributed by atoms with van der Waals surface area (Å²) in [6.07, 6.45) is 4.92. The molecular formula is C24H17ClN2O2. The minimum absolute atomic E-state index is 0.0699. The highest BCUT2D eigenvalue weighted by Crippen LogP contribution is 2.23. The van der Waals surface area contributed by atoms with E-state index in [4.69, 9.17) is 16.3 Å². The summed E-state index contributed by atoms with van der Waals surface area (Å²) in [5.74, 6) is 0.879. The zero-order valence-electron chi connectivity index (χ0n) is 15.7. The van der Waals surface area contributed by atoms with Gasteiger partial charge < -0.3 is 4.74 Å². The molecule has 4 aromatic rings. The van der Waals surface area contributed by atoms with Crippen LogP contribution in [-0.4, -0.2) is 15.8 Å². The Bertz CT molecular complexity index is 1200. The highest BCUT2D eigenvalue weighted by molar-refractivity contribution is 6.31. The molecule has 0 radical (unpaired) electrons. The van der Waals surface area contributed by atoms with Gasteiger partial charge in [-0.05, 0) is 61.0 Å². The Morgan fingerprint density at radius 1 is 0.966 bits per heavy atom. The van der Waals surface area contributed by atoms with Crippen molar-refractivity contribution < 1.29 is 9.53 Å². The second-order valence-electron chi connectivity index (χ2n) is 6.58. The summed E-state index contributed by atoms with van der Waals surface area (Å²) < 4.78 is 5.76. The van der Waals surface area contributed by atoms with Crippen molar-refractivity contribution >= 4 is 34.5 Å². The first-order valence-electron chi connectivity index (χ1n) is 9.06. The first kappa shape index (κ1) is 18.8. The first-order valence-corrected chi connectivity index (χ1v) is 9.44. The van der Waals surface area contributed by atoms with Crippen molar-refractivity contribution in [2.45, 2.75) is 6.92 Å². The van der Waals surface area contributed by atoms with Crippen molar-refractivity contribution in [2.24, 2.45) is 0 Å². The number of fused-ring (bicyclic) bond motifs is 1. The van der Waals surface area contributed by atoms with Gasteiger partial charge in [0.05, 0.1) is 17.2 Å². The summed E-state index contributed by atoms with van der Waals surface area (Å²) in [7, 11) is 0. The number of benzene rings is 3. The molecule has 0 amide bonds. The predicted molar refractivity (Wildman–Crippen MR) is 116 cm³/mol. The van der Waals surface area contributed by atoms with Gasteiger partial charge in [-0.3, -0.25) is 4.79 Å². The third-order valence-corrected chi connectivity index (χ3v) is 4.58. The Balaban J connectivity index is 1.45. The Kier molecular flexibility index (Phi) is 5.36. The number of hydrogen-bond acceptors (Lipinski definition) is 4. The highest BCUT2D eigenvalue weighted by atomic mass is 35.5. The van der Waals surface area contributed by atoms with E-state index in [2.05, 4.69) is 9.97 Å². The topological polar surface area (TPSA) is 52.1 Å². The number of carbonyl (C=O) groups excluding carboxylic acids is 1. The van der Waals surface area contributed by atoms with Crippen molar-refractivity contribution in [3.63, 3.8) is 0 Å². The molecule has 0 fully saturated rings. The van der Waals surface area contributed by atoms with E-state index < -0.39 is 0 Å². The SMILES string of the molecule is Cc1ccc(/C=C/C(=O)c2ccc(Oc3cnc4cc(Cl)ccc4n3)cc2)cc1. The van der Waals surface area contributed by atoms with Crippen LogP contribution in [0, 0.1) is 6.92 Å². The van der Waals surface area contributed by atoms with Crippen LogP contribution in [0.25, 0.3) is 17.1 Å². The van der Waals surface area contributed by atoms with E-state index >= 15 is 0 Å². The summed E-state index contributed by atoms with van der Waals surface area (Å²) >= 11 is 5.96. The number of ketones is 1. The van der Waals surface area contributed by atoms with E-state index in [0.717, 1.165) is 5.56 Å². The van der Waals surface area contributed by atoms with Gasteiger partial charge in [0, 0.05) is 10.6 Å². The molecule has 0 spiro atoms. The molecule has 0 N–H and O–H groups in total. The Morgan fingerprint density at radius 2 is 1.72 bits per heavy atom. The van der Waals surface area contributed by atoms with Gasteiger partial charge in [-0.1, -0.05) is 47.5 Å². The number of rotatable bonds is 5. The lowest BCUT2D eigenvalue weighted by Crippen LogP contribution is -1.95. The molecule has 0 unspecified atom stereocenters. The number of ether oxygens (including phenoxy) is 1. The Morgan fingerprint density at radius 3 is 2.48 bits per heavy atom. The minimum atomic E-state index is -0.0699. The van der Waals surface area contributed by atoms with E-state index in [1.807, 2.05) is 37.3 Å². The number of allylic oxidation sites excluding steroid dienone is 1. The molecule has 4 nitrogen and oxygen atoms in total. The largest absolute Gasteiger partial charge is 0.437 e. The van der Waals surface area contributed by atoms with E-state index in [0.29, 0.717) is 33.2 Å². The molecule has 3 aromatic carbocycles. The Labute approximate surface area is 173 Å². The van der Waals surface area contributed by atoms with E-state index in [1.165, 1.54) is 5.56 Å². The molecule has 1 heterocycles. The summed E-state index contributed by atoms with van der Waals surface area (Å²) in [6, 6.07) is 20.2. The quantitative estimate of drug-likeness (QED) is 0.292. The molecule has 0 aliphatic heterocycles. The third-order valence-electron chi connectivity index (χ3n) is 4.35. The van der Waals surface area contributed by atoms with Gasteiger partial charge >= 0.3 is 0 Å². The van der Waals surface area contributed by atoms with Crippen LogP contribution in [0.5, 0.6) is 11.6 Å². The molecule has 4 rings (SSSR count). The fraction of sp³-hybridized carbons (Fsp3) is 0.0417. The van der Waals surface area contributed by atoms with Crippen LogP contribution >= 0.6 is 11.6 Å². The maximum Gasteiger partial charge on any atom is 0.238 e. The zero-order valence-corrected chi connectivity index (χ0v) is 16.4. The van der Waals surface area contributed by atoms with Gasteiger partial charge in [-0.25, -0.2) is 9.97 Å². The number of nitrogens with zero attached hydrogens (tertiary/aromatic N) is 2. The molecule has 29 heavy (non-hydrogen) atoms. The highest BCUT2D eigenvalue weighted by Gasteiger charge is 2.06. The maximum absolute atomic E-state index is 12.4. The van der Waals surface area contributed by atoms with Crippen molar-refractivity contribution in [2.75, 3.05) is 0 Å². The average molecular weight is 401 g/mol. The lowest BCUT2D eigenvalue weighted by molar-refractivity contribution is 0.104. The van der Waals surface area contributed by atoms with Gasteiger partial charge in [-0.2, -0.15) is 0 Å². The van der Waals surface area contributed by atoms with Gasteiger partial charge in [0.1, 0.15) is 5.75 Å². The van der Waals surface area contributed by atoms with Crippen LogP contribution in [-0.2, 0) is 0 Å². The monoisotopic (exact) mass is 400 g/mol. The molecule has 0 aliphatic rings. The van der Waals surface area contributed by atoms with Crippen molar-refractivity contribution in [1.29, 1.82) is 0 Å². The van der Waals surface area contributed by atoms with Crippen LogP contribution in [0.3, 0.4) is 0 Å². The molecule has 0 saturated heterocycles. The number of hydrogen-bond donors (Lipinski definition) is 0. The normalized spacial score (nSPS) is 11.1. The minimum Gasteiger partial charge on any atom is -0.437 e. The standard InChI is InChI=1S/C24H17ClN2O2/c1-16-2-4-17(5-3-16)6-13-23(28)18-7-10-20(11-8-18)29-24-15-26-22-14-19(25)9-12-21(22)27-24/h2-15H,1H3/b13-6+. The summed E-state index contributed by atoms with van der Waals surface area (Å²) in [5, 5.41) is 0.608. The molecule has 5 heteroatoms. The van der Waals surface area contributed by atoms with E-state index in [-0.39, 0.29) is 5.78 Å². The van der Waals surface area contributed by atoms with Gasteiger partial charge in [-0.15, -0.1) is 0 Å². The van der Waals surface area contributed by atoms with Crippen LogP contribution in [0.15, 0.2) is 79.0 Å². The van der Waals surface area contributed by atoms with Gasteiger partial charge in [0.2, 0.25) is 5.88 Å². The fourth-order valence-corrected chi connectivity index (χ4v) is 2.94. The number of halogens is 1. The summed E-state index contributed by atoms with van der Waals surface area (Å²) in [4.78, 5) is 21.1. The molecular weight excluding hydrogens is 384 g/mol. The van der Waals surface area contributed by atoms with E-state index in [9.17, 15) is 4.79 Å². The maximum atomic E-state index is 12.4. The van der Waals surface area contributed by atoms with Crippen molar-refractivity contribution in [1.82, 2.24) is 9.97 Å². The first-order chi connectivity index (χ1) is 14.1. The molecule has 0 aliphatic carbocycles. The number of aromatic nitrogens is 2. The van der Waals surface area contributed by atoms with E-state index in [1.54, 1.807) is 54.7 Å². The second kappa shape index (κ2) is 8.25. The van der Waals surface area contributed by atoms with Crippen molar-refractivity contribution in [3.8, 4) is 11.6 Å². The molecule has 0 atom stereocenters. The molecule has 1 aromatic heterocycles. The molecule has 0 bridgehead atoms. The third kappa shape index (κ3) is 4.68. The summed E-state index contributed by atoms with van der Waals surface area (Å²) in [6.45, 7) is 2.03. The predicted octanol–water partition coefficient (Wildman–Crippen LogP) is 6.28. The van der Waals surface area contributed by atoms with Crippen LogP contribution < -0.4 is 4.74 Å². The average Bonchev–Trinajstić information content (AvgIpc) is 2.74. The van der Waals surface area contributed by atoms with Crippen molar-refractivity contribution in [3.05, 3.63) is 101 Å². The van der Waals surface area contributed by atoms with Crippen LogP contribution in [0.4, 0.5) is 0 Å². The van der Waals surface area contributed by atoms with Gasteiger partial charge in [0.25, 0.3) is 0 Å². The fourth-order valence-electron chi connectivity index (χ4n) is 2.77. The smallest absolute Gasteiger partial charge is 0.238 e. The number of carbonyl (C=O) groups is 1. The number of aryl methyl sites for hydroxylation is 1. The summed E-state index contributed by atoms with van der Waals surface area (Å²) in [5.41, 5.74) is 4.15. The Hall–Kier alpha value is -3.50. The van der Waals surface area contributed by atoms with Crippen LogP contribution in [0.2, 0.25) is 5.02 Å². The molecule has 142 valence electrons. The lowest BCUT2D eigenvalue weighted by atomic mass is 10.1. The lowest BCUT2D eigenvalue weighted by Gasteiger charge is -2.06. The zero-order chi connectivity index (χ0) is 20.2.